The molecular weight excluding hydrogens is 210 g/mol. The van der Waals surface area contributed by atoms with Gasteiger partial charge in [-0.3, -0.25) is 0 Å². The lowest BCUT2D eigenvalue weighted by Gasteiger charge is -2.10. The molecule has 1 aliphatic rings. The van der Waals surface area contributed by atoms with Gasteiger partial charge in [-0.05, 0) is 31.9 Å². The number of anilines is 1. The Bertz CT molecular complexity index is 315. The van der Waals surface area contributed by atoms with Crippen molar-refractivity contribution in [3.8, 4) is 0 Å². The molecule has 1 aromatic heterocycles. The molecule has 2 unspecified atom stereocenters. The molecule has 0 amide bonds. The largest absolute Gasteiger partial charge is 0.335 e. The minimum atomic E-state index is 0.508. The van der Waals surface area contributed by atoms with Gasteiger partial charge < -0.3 is 9.84 Å². The van der Waals surface area contributed by atoms with E-state index >= 15 is 0 Å². The fourth-order valence-corrected chi connectivity index (χ4v) is 3.13. The topological polar surface area (TPSA) is 51.0 Å². The van der Waals surface area contributed by atoms with Gasteiger partial charge in [0, 0.05) is 11.3 Å². The zero-order valence-corrected chi connectivity index (χ0v) is 10.0. The monoisotopic (exact) mass is 227 g/mol. The summed E-state index contributed by atoms with van der Waals surface area (Å²) in [6.07, 6.45) is 3.71. The molecule has 2 atom stereocenters. The van der Waals surface area contributed by atoms with Gasteiger partial charge in [0.1, 0.15) is 0 Å². The van der Waals surface area contributed by atoms with E-state index in [-0.39, 0.29) is 0 Å². The minimum Gasteiger partial charge on any atom is -0.335 e. The van der Waals surface area contributed by atoms with Gasteiger partial charge in [-0.15, -0.1) is 0 Å². The Hall–Kier alpha value is -0.710. The molecule has 15 heavy (non-hydrogen) atoms. The normalized spacial score (nSPS) is 25.7. The predicted molar refractivity (Wildman–Crippen MR) is 62.2 cm³/mol. The second-order valence-electron chi connectivity index (χ2n) is 3.88. The van der Waals surface area contributed by atoms with Crippen molar-refractivity contribution in [1.29, 1.82) is 0 Å². The standard InChI is InChI=1S/C10H17N3OS/c1-3-15-9-5-4-8(6-9)12-10-11-7(2)13-14-10/h8-9H,3-6H2,1-2H3,(H,11,12,13). The van der Waals surface area contributed by atoms with Crippen molar-refractivity contribution >= 4 is 17.8 Å². The van der Waals surface area contributed by atoms with E-state index in [1.807, 2.05) is 6.92 Å². The molecule has 2 rings (SSSR count). The summed E-state index contributed by atoms with van der Waals surface area (Å²) in [5.74, 6) is 1.90. The molecule has 84 valence electrons. The molecule has 4 nitrogen and oxygen atoms in total. The van der Waals surface area contributed by atoms with Gasteiger partial charge in [0.25, 0.3) is 0 Å². The lowest BCUT2D eigenvalue weighted by Crippen LogP contribution is -2.16. The van der Waals surface area contributed by atoms with E-state index in [1.165, 1.54) is 25.0 Å². The van der Waals surface area contributed by atoms with Crippen LogP contribution in [0.5, 0.6) is 0 Å². The number of aryl methyl sites for hydroxylation is 1. The van der Waals surface area contributed by atoms with Crippen LogP contribution in [0.25, 0.3) is 0 Å². The summed E-state index contributed by atoms with van der Waals surface area (Å²) in [4.78, 5) is 4.15. The van der Waals surface area contributed by atoms with Gasteiger partial charge in [-0.1, -0.05) is 12.1 Å². The van der Waals surface area contributed by atoms with Crippen LogP contribution in [0.2, 0.25) is 0 Å². The highest BCUT2D eigenvalue weighted by molar-refractivity contribution is 7.99. The molecule has 0 spiro atoms. The van der Waals surface area contributed by atoms with E-state index in [1.54, 1.807) is 0 Å². The third-order valence-electron chi connectivity index (χ3n) is 2.64. The van der Waals surface area contributed by atoms with Crippen LogP contribution in [-0.2, 0) is 0 Å². The van der Waals surface area contributed by atoms with E-state index < -0.39 is 0 Å². The first-order valence-electron chi connectivity index (χ1n) is 5.46. The molecule has 1 aliphatic carbocycles. The van der Waals surface area contributed by atoms with E-state index in [0.29, 0.717) is 17.9 Å². The Balaban J connectivity index is 1.82. The van der Waals surface area contributed by atoms with Gasteiger partial charge in [0.15, 0.2) is 5.82 Å². The SMILES string of the molecule is CCSC1CCC(Nc2nc(C)no2)C1. The summed E-state index contributed by atoms with van der Waals surface area (Å²) < 4.78 is 5.04. The number of hydrogen-bond acceptors (Lipinski definition) is 5. The van der Waals surface area contributed by atoms with Crippen LogP contribution in [-0.4, -0.2) is 27.2 Å². The second kappa shape index (κ2) is 4.88. The summed E-state index contributed by atoms with van der Waals surface area (Å²) in [5, 5.41) is 7.86. The second-order valence-corrected chi connectivity index (χ2v) is 5.46. The van der Waals surface area contributed by atoms with Crippen molar-refractivity contribution in [1.82, 2.24) is 10.1 Å². The third kappa shape index (κ3) is 2.87. The summed E-state index contributed by atoms with van der Waals surface area (Å²) in [6.45, 7) is 4.05. The fraction of sp³-hybridized carbons (Fsp3) is 0.800. The molecular formula is C10H17N3OS. The maximum atomic E-state index is 5.04. The Labute approximate surface area is 94.2 Å². The smallest absolute Gasteiger partial charge is 0.321 e. The lowest BCUT2D eigenvalue weighted by molar-refractivity contribution is 0.421. The van der Waals surface area contributed by atoms with E-state index in [4.69, 9.17) is 4.52 Å². The van der Waals surface area contributed by atoms with Crippen LogP contribution in [0.15, 0.2) is 4.52 Å². The molecule has 0 aliphatic heterocycles. The predicted octanol–water partition coefficient (Wildman–Crippen LogP) is 2.46. The number of nitrogens with zero attached hydrogens (tertiary/aromatic N) is 2. The molecule has 0 aromatic carbocycles. The van der Waals surface area contributed by atoms with E-state index in [2.05, 4.69) is 34.1 Å². The maximum absolute atomic E-state index is 5.04. The van der Waals surface area contributed by atoms with Gasteiger partial charge >= 0.3 is 6.01 Å². The Kier molecular flexibility index (Phi) is 3.51. The average molecular weight is 227 g/mol. The molecule has 1 heterocycles. The first kappa shape index (κ1) is 10.8. The van der Waals surface area contributed by atoms with Crippen molar-refractivity contribution < 1.29 is 4.52 Å². The number of nitrogens with one attached hydrogen (secondary N) is 1. The number of hydrogen-bond donors (Lipinski definition) is 1. The molecule has 5 heteroatoms. The summed E-state index contributed by atoms with van der Waals surface area (Å²) in [5.41, 5.74) is 0. The highest BCUT2D eigenvalue weighted by Crippen LogP contribution is 2.31. The van der Waals surface area contributed by atoms with Crippen molar-refractivity contribution in [3.05, 3.63) is 5.82 Å². The maximum Gasteiger partial charge on any atom is 0.321 e. The quantitative estimate of drug-likeness (QED) is 0.856. The number of thioether (sulfide) groups is 1. The molecule has 1 fully saturated rings. The van der Waals surface area contributed by atoms with Crippen LogP contribution in [0, 0.1) is 6.92 Å². The highest BCUT2D eigenvalue weighted by Gasteiger charge is 2.25. The van der Waals surface area contributed by atoms with Crippen molar-refractivity contribution in [2.45, 2.75) is 44.4 Å². The van der Waals surface area contributed by atoms with Gasteiger partial charge in [-0.25, -0.2) is 0 Å². The molecule has 0 bridgehead atoms. The first-order valence-corrected chi connectivity index (χ1v) is 6.51. The lowest BCUT2D eigenvalue weighted by atomic mass is 10.3. The zero-order valence-electron chi connectivity index (χ0n) is 9.19. The Morgan fingerprint density at radius 1 is 1.53 bits per heavy atom. The first-order chi connectivity index (χ1) is 7.28. The highest BCUT2D eigenvalue weighted by atomic mass is 32.2. The van der Waals surface area contributed by atoms with Crippen molar-refractivity contribution in [3.63, 3.8) is 0 Å². The van der Waals surface area contributed by atoms with Gasteiger partial charge in [0.2, 0.25) is 0 Å². The number of aromatic nitrogens is 2. The summed E-state index contributed by atoms with van der Waals surface area (Å²) >= 11 is 2.05. The van der Waals surface area contributed by atoms with Crippen molar-refractivity contribution in [2.75, 3.05) is 11.1 Å². The Morgan fingerprint density at radius 2 is 2.40 bits per heavy atom. The molecule has 0 radical (unpaired) electrons. The summed E-state index contributed by atoms with van der Waals surface area (Å²) in [6, 6.07) is 1.08. The van der Waals surface area contributed by atoms with Crippen LogP contribution < -0.4 is 5.32 Å². The molecule has 1 N–H and O–H groups in total. The zero-order chi connectivity index (χ0) is 10.7. The van der Waals surface area contributed by atoms with Crippen LogP contribution in [0.3, 0.4) is 0 Å². The molecule has 1 aromatic rings. The van der Waals surface area contributed by atoms with Crippen LogP contribution in [0.4, 0.5) is 6.01 Å². The minimum absolute atomic E-state index is 0.508. The Morgan fingerprint density at radius 3 is 3.07 bits per heavy atom. The fourth-order valence-electron chi connectivity index (χ4n) is 1.99. The molecule has 0 saturated heterocycles. The summed E-state index contributed by atoms with van der Waals surface area (Å²) in [7, 11) is 0. The van der Waals surface area contributed by atoms with Gasteiger partial charge in [0.05, 0.1) is 0 Å². The van der Waals surface area contributed by atoms with Gasteiger partial charge in [-0.2, -0.15) is 16.7 Å². The number of rotatable bonds is 4. The molecule has 1 saturated carbocycles. The van der Waals surface area contributed by atoms with Crippen LogP contribution in [0.1, 0.15) is 32.0 Å². The van der Waals surface area contributed by atoms with E-state index in [9.17, 15) is 0 Å². The van der Waals surface area contributed by atoms with E-state index in [0.717, 1.165) is 5.25 Å². The van der Waals surface area contributed by atoms with Crippen LogP contribution >= 0.6 is 11.8 Å². The average Bonchev–Trinajstić information content (AvgIpc) is 2.78. The van der Waals surface area contributed by atoms with Crippen molar-refractivity contribution in [2.24, 2.45) is 0 Å². The third-order valence-corrected chi connectivity index (χ3v) is 3.87.